The molecule has 0 unspecified atom stereocenters. The quantitative estimate of drug-likeness (QED) is 0.235. The summed E-state index contributed by atoms with van der Waals surface area (Å²) in [5, 5.41) is 23.9. The predicted octanol–water partition coefficient (Wildman–Crippen LogP) is -0.864. The van der Waals surface area contributed by atoms with Gasteiger partial charge in [0.05, 0.1) is 13.1 Å². The number of hydrogen-bond donors (Lipinski definition) is 0. The first-order valence-corrected chi connectivity index (χ1v) is 3.52. The molecule has 0 aromatic rings. The molecule has 1 aliphatic rings. The highest BCUT2D eigenvalue weighted by molar-refractivity contribution is 5.47. The summed E-state index contributed by atoms with van der Waals surface area (Å²) in [7, 11) is 0. The lowest BCUT2D eigenvalue weighted by molar-refractivity contribution is -0.692. The molecule has 1 amide bonds. The Hall–Kier alpha value is -1.53. The van der Waals surface area contributed by atoms with Gasteiger partial charge in [-0.05, 0) is 5.28 Å². The van der Waals surface area contributed by atoms with E-state index in [1.807, 2.05) is 0 Å². The van der Waals surface area contributed by atoms with Crippen molar-refractivity contribution < 1.29 is 9.76 Å². The first-order valence-electron chi connectivity index (χ1n) is 3.52. The molecular formula is C5H9N4O3-. The number of hydrazine groups is 1. The third-order valence-electron chi connectivity index (χ3n) is 1.75. The molecule has 1 heterocycles. The summed E-state index contributed by atoms with van der Waals surface area (Å²) in [5.41, 5.74) is 0. The number of amides is 1. The lowest BCUT2D eigenvalue weighted by Crippen LogP contribution is -2.48. The van der Waals surface area contributed by atoms with Gasteiger partial charge in [0, 0.05) is 18.1 Å². The van der Waals surface area contributed by atoms with E-state index in [4.69, 9.17) is 0 Å². The van der Waals surface area contributed by atoms with Crippen LogP contribution in [0.3, 0.4) is 0 Å². The Morgan fingerprint density at radius 3 is 2.33 bits per heavy atom. The molecule has 1 aliphatic heterocycles. The van der Waals surface area contributed by atoms with Crippen LogP contribution in [-0.4, -0.2) is 47.5 Å². The summed E-state index contributed by atoms with van der Waals surface area (Å²) in [5.74, 6) is 0. The standard InChI is InChI=1S/C5H10N4O3/c10-5-7-1-3-8(4-2-7)9(12)6-11/h5,11H,1-4H2/p-1/b9-6-. The monoisotopic (exact) mass is 173 g/mol. The second-order valence-electron chi connectivity index (χ2n) is 2.43. The molecule has 0 saturated carbocycles. The zero-order valence-electron chi connectivity index (χ0n) is 6.42. The van der Waals surface area contributed by atoms with Gasteiger partial charge in [0.1, 0.15) is 0 Å². The van der Waals surface area contributed by atoms with Crippen molar-refractivity contribution in [2.45, 2.75) is 0 Å². The Morgan fingerprint density at radius 1 is 1.33 bits per heavy atom. The predicted molar refractivity (Wildman–Crippen MR) is 38.6 cm³/mol. The largest absolute Gasteiger partial charge is 0.737 e. The fourth-order valence-corrected chi connectivity index (χ4v) is 1.04. The van der Waals surface area contributed by atoms with Gasteiger partial charge in [-0.1, -0.05) is 0 Å². The molecular weight excluding hydrogens is 164 g/mol. The van der Waals surface area contributed by atoms with Gasteiger partial charge >= 0.3 is 0 Å². The highest BCUT2D eigenvalue weighted by Gasteiger charge is 2.19. The molecule has 0 aliphatic carbocycles. The third-order valence-corrected chi connectivity index (χ3v) is 1.75. The summed E-state index contributed by atoms with van der Waals surface area (Å²) in [6, 6.07) is 0. The second-order valence-corrected chi connectivity index (χ2v) is 2.43. The van der Waals surface area contributed by atoms with Crippen LogP contribution in [0.15, 0.2) is 5.28 Å². The van der Waals surface area contributed by atoms with Crippen molar-refractivity contribution >= 4 is 6.41 Å². The van der Waals surface area contributed by atoms with Crippen molar-refractivity contribution in [3.63, 3.8) is 0 Å². The van der Waals surface area contributed by atoms with Crippen LogP contribution < -0.4 is 0 Å². The summed E-state index contributed by atoms with van der Waals surface area (Å²) in [6.07, 6.45) is 0.723. The van der Waals surface area contributed by atoms with E-state index in [0.717, 1.165) is 6.41 Å². The first-order chi connectivity index (χ1) is 5.77. The summed E-state index contributed by atoms with van der Waals surface area (Å²) >= 11 is 0. The molecule has 0 atom stereocenters. The lowest BCUT2D eigenvalue weighted by atomic mass is 10.4. The van der Waals surface area contributed by atoms with E-state index >= 15 is 0 Å². The molecule has 0 spiro atoms. The van der Waals surface area contributed by atoms with Crippen LogP contribution in [0.1, 0.15) is 0 Å². The molecule has 7 nitrogen and oxygen atoms in total. The SMILES string of the molecule is O=CN1CCN(/[N+]([O-])=N/[O-])CC1. The van der Waals surface area contributed by atoms with Gasteiger partial charge in [-0.3, -0.25) is 4.79 Å². The molecule has 68 valence electrons. The van der Waals surface area contributed by atoms with E-state index in [0.29, 0.717) is 26.2 Å². The Labute approximate surface area is 69.0 Å². The Balaban J connectivity index is 2.40. The van der Waals surface area contributed by atoms with E-state index in [2.05, 4.69) is 5.28 Å². The van der Waals surface area contributed by atoms with Gasteiger partial charge in [-0.2, -0.15) is 0 Å². The number of nitrogens with zero attached hydrogens (tertiary/aromatic N) is 4. The van der Waals surface area contributed by atoms with Crippen LogP contribution in [0, 0.1) is 10.4 Å². The molecule has 1 fully saturated rings. The Kier molecular flexibility index (Phi) is 2.67. The number of rotatable bonds is 2. The number of hydrogen-bond acceptors (Lipinski definition) is 4. The molecule has 12 heavy (non-hydrogen) atoms. The third kappa shape index (κ3) is 1.74. The molecule has 0 aromatic carbocycles. The lowest BCUT2D eigenvalue weighted by Gasteiger charge is -2.29. The van der Waals surface area contributed by atoms with Crippen molar-refractivity contribution in [1.82, 2.24) is 9.91 Å². The van der Waals surface area contributed by atoms with Crippen molar-refractivity contribution in [2.75, 3.05) is 26.2 Å². The number of carbonyl (C=O) groups excluding carboxylic acids is 1. The average Bonchev–Trinajstić information content (AvgIpc) is 2.17. The first kappa shape index (κ1) is 8.57. The Bertz CT molecular complexity index is 187. The van der Waals surface area contributed by atoms with E-state index in [-0.39, 0.29) is 4.97 Å². The van der Waals surface area contributed by atoms with Gasteiger partial charge in [-0.15, -0.1) is 5.01 Å². The fourth-order valence-electron chi connectivity index (χ4n) is 1.04. The smallest absolute Gasteiger partial charge is 0.209 e. The normalized spacial score (nSPS) is 19.5. The molecule has 0 radical (unpaired) electrons. The van der Waals surface area contributed by atoms with E-state index in [1.165, 1.54) is 9.91 Å². The van der Waals surface area contributed by atoms with E-state index in [1.54, 1.807) is 0 Å². The summed E-state index contributed by atoms with van der Waals surface area (Å²) in [6.45, 7) is 1.62. The zero-order chi connectivity index (χ0) is 8.97. The van der Waals surface area contributed by atoms with Crippen molar-refractivity contribution in [2.24, 2.45) is 5.28 Å². The highest BCUT2D eigenvalue weighted by Crippen LogP contribution is 1.99. The topological polar surface area (TPSA) is 85.0 Å². The van der Waals surface area contributed by atoms with Gasteiger partial charge in [0.25, 0.3) is 0 Å². The van der Waals surface area contributed by atoms with Gasteiger partial charge in [0.15, 0.2) is 0 Å². The summed E-state index contributed by atoms with van der Waals surface area (Å²) < 4.78 is 0. The minimum absolute atomic E-state index is 0.0160. The van der Waals surface area contributed by atoms with Crippen molar-refractivity contribution in [3.05, 3.63) is 10.4 Å². The fraction of sp³-hybridized carbons (Fsp3) is 0.800. The maximum absolute atomic E-state index is 10.6. The van der Waals surface area contributed by atoms with Crippen LogP contribution in [0.2, 0.25) is 0 Å². The molecule has 7 heteroatoms. The highest BCUT2D eigenvalue weighted by atomic mass is 16.6. The number of piperazine rings is 1. The Morgan fingerprint density at radius 2 is 1.92 bits per heavy atom. The van der Waals surface area contributed by atoms with Gasteiger partial charge in [0.2, 0.25) is 6.41 Å². The average molecular weight is 173 g/mol. The van der Waals surface area contributed by atoms with Gasteiger partial charge < -0.3 is 15.3 Å². The van der Waals surface area contributed by atoms with E-state index < -0.39 is 0 Å². The molecule has 0 bridgehead atoms. The molecule has 1 rings (SSSR count). The second kappa shape index (κ2) is 3.74. The van der Waals surface area contributed by atoms with Crippen LogP contribution in [-0.2, 0) is 4.79 Å². The van der Waals surface area contributed by atoms with Crippen LogP contribution in [0.4, 0.5) is 0 Å². The molecule has 1 saturated heterocycles. The van der Waals surface area contributed by atoms with Crippen molar-refractivity contribution in [1.29, 1.82) is 0 Å². The van der Waals surface area contributed by atoms with Crippen LogP contribution >= 0.6 is 0 Å². The number of carbonyl (C=O) groups is 1. The summed E-state index contributed by atoms with van der Waals surface area (Å²) in [4.78, 5) is 11.8. The maximum atomic E-state index is 10.6. The minimum Gasteiger partial charge on any atom is -0.737 e. The van der Waals surface area contributed by atoms with E-state index in [9.17, 15) is 15.2 Å². The maximum Gasteiger partial charge on any atom is 0.209 e. The van der Waals surface area contributed by atoms with Crippen LogP contribution in [0.5, 0.6) is 0 Å². The zero-order valence-corrected chi connectivity index (χ0v) is 6.42. The molecule has 0 N–H and O–H groups in total. The minimum atomic E-state index is 0.0160. The van der Waals surface area contributed by atoms with Gasteiger partial charge in [-0.25, -0.2) is 0 Å². The van der Waals surface area contributed by atoms with Crippen molar-refractivity contribution in [3.8, 4) is 0 Å². The molecule has 0 aromatic heterocycles. The van der Waals surface area contributed by atoms with Crippen LogP contribution in [0.25, 0.3) is 0 Å².